The molecule has 0 aliphatic heterocycles. The van der Waals surface area contributed by atoms with Gasteiger partial charge in [0.25, 0.3) is 0 Å². The highest BCUT2D eigenvalue weighted by Gasteiger charge is 2.58. The van der Waals surface area contributed by atoms with Crippen LogP contribution in [0.2, 0.25) is 0 Å². The standard InChI is InChI=1S/C18H13N/c19-12-15-11-18(15)16-7-3-1-5-13(16)9-10-14-6-2-4-8-17(14)18/h1-10,15H,11H2. The highest BCUT2D eigenvalue weighted by atomic mass is 14.6. The second kappa shape index (κ2) is 3.59. The van der Waals surface area contributed by atoms with Crippen LogP contribution < -0.4 is 0 Å². The van der Waals surface area contributed by atoms with Crippen LogP contribution >= 0.6 is 0 Å². The summed E-state index contributed by atoms with van der Waals surface area (Å²) in [5, 5.41) is 9.40. The van der Waals surface area contributed by atoms with E-state index in [0.717, 1.165) is 6.42 Å². The van der Waals surface area contributed by atoms with Crippen molar-refractivity contribution in [3.8, 4) is 6.07 Å². The first-order valence-corrected chi connectivity index (χ1v) is 6.63. The highest BCUT2D eigenvalue weighted by molar-refractivity contribution is 5.79. The average molecular weight is 243 g/mol. The molecule has 19 heavy (non-hydrogen) atoms. The van der Waals surface area contributed by atoms with E-state index >= 15 is 0 Å². The molecule has 2 aliphatic carbocycles. The van der Waals surface area contributed by atoms with Gasteiger partial charge in [-0.25, -0.2) is 0 Å². The molecule has 1 spiro atoms. The summed E-state index contributed by atoms with van der Waals surface area (Å²) in [5.74, 6) is 0.106. The molecule has 1 unspecified atom stereocenters. The molecule has 1 saturated carbocycles. The zero-order valence-corrected chi connectivity index (χ0v) is 10.5. The smallest absolute Gasteiger partial charge is 0.0669 e. The van der Waals surface area contributed by atoms with E-state index in [-0.39, 0.29) is 11.3 Å². The summed E-state index contributed by atoms with van der Waals surface area (Å²) in [6.45, 7) is 0. The van der Waals surface area contributed by atoms with Crippen LogP contribution in [0.1, 0.15) is 28.7 Å². The zero-order chi connectivity index (χ0) is 12.9. The van der Waals surface area contributed by atoms with Crippen molar-refractivity contribution in [3.05, 3.63) is 70.8 Å². The molecule has 1 fully saturated rings. The summed E-state index contributed by atoms with van der Waals surface area (Å²) in [6.07, 6.45) is 5.30. The number of nitrogens with zero attached hydrogens (tertiary/aromatic N) is 1. The number of rotatable bonds is 0. The van der Waals surface area contributed by atoms with E-state index < -0.39 is 0 Å². The van der Waals surface area contributed by atoms with Gasteiger partial charge in [0.15, 0.2) is 0 Å². The monoisotopic (exact) mass is 243 g/mol. The van der Waals surface area contributed by atoms with Gasteiger partial charge < -0.3 is 0 Å². The molecule has 90 valence electrons. The van der Waals surface area contributed by atoms with Gasteiger partial charge in [0, 0.05) is 5.41 Å². The Morgan fingerprint density at radius 1 is 0.895 bits per heavy atom. The second-order valence-electron chi connectivity index (χ2n) is 5.36. The summed E-state index contributed by atoms with van der Waals surface area (Å²) < 4.78 is 0. The van der Waals surface area contributed by atoms with Gasteiger partial charge in [-0.15, -0.1) is 0 Å². The molecule has 0 amide bonds. The number of hydrogen-bond acceptors (Lipinski definition) is 1. The molecule has 0 radical (unpaired) electrons. The number of nitriles is 1. The Morgan fingerprint density at radius 2 is 1.42 bits per heavy atom. The van der Waals surface area contributed by atoms with Gasteiger partial charge in [-0.1, -0.05) is 60.7 Å². The third-order valence-electron chi connectivity index (χ3n) is 4.44. The maximum Gasteiger partial charge on any atom is 0.0669 e. The molecule has 0 bridgehead atoms. The van der Waals surface area contributed by atoms with Crippen LogP contribution in [0.15, 0.2) is 48.5 Å². The molecule has 2 aliphatic rings. The lowest BCUT2D eigenvalue weighted by molar-refractivity contribution is 0.794. The van der Waals surface area contributed by atoms with Crippen LogP contribution in [0, 0.1) is 17.2 Å². The average Bonchev–Trinajstić information content (AvgIpc) is 3.23. The zero-order valence-electron chi connectivity index (χ0n) is 10.5. The van der Waals surface area contributed by atoms with Gasteiger partial charge in [-0.05, 0) is 28.7 Å². The fourth-order valence-corrected chi connectivity index (χ4v) is 3.44. The molecular weight excluding hydrogens is 230 g/mol. The fourth-order valence-electron chi connectivity index (χ4n) is 3.44. The lowest BCUT2D eigenvalue weighted by atomic mass is 9.83. The molecule has 0 aromatic heterocycles. The predicted molar refractivity (Wildman–Crippen MR) is 76.3 cm³/mol. The minimum Gasteiger partial charge on any atom is -0.198 e. The molecule has 1 nitrogen and oxygen atoms in total. The molecule has 1 heteroatoms. The Balaban J connectivity index is 2.06. The maximum absolute atomic E-state index is 9.40. The first kappa shape index (κ1) is 10.6. The lowest BCUT2D eigenvalue weighted by Gasteiger charge is -2.19. The van der Waals surface area contributed by atoms with Crippen molar-refractivity contribution in [1.29, 1.82) is 5.26 Å². The van der Waals surface area contributed by atoms with Crippen molar-refractivity contribution >= 4 is 12.2 Å². The number of benzene rings is 2. The molecule has 4 rings (SSSR count). The van der Waals surface area contributed by atoms with Crippen LogP contribution in [0.5, 0.6) is 0 Å². The Labute approximate surface area is 112 Å². The Hall–Kier alpha value is -2.33. The Bertz CT molecular complexity index is 684. The van der Waals surface area contributed by atoms with Gasteiger partial charge in [0.2, 0.25) is 0 Å². The summed E-state index contributed by atoms with van der Waals surface area (Å²) >= 11 is 0. The van der Waals surface area contributed by atoms with Crippen LogP contribution in [0.4, 0.5) is 0 Å². The fraction of sp³-hybridized carbons (Fsp3) is 0.167. The van der Waals surface area contributed by atoms with Crippen molar-refractivity contribution in [2.24, 2.45) is 5.92 Å². The van der Waals surface area contributed by atoms with E-state index in [1.54, 1.807) is 0 Å². The lowest BCUT2D eigenvalue weighted by Crippen LogP contribution is -2.13. The van der Waals surface area contributed by atoms with Gasteiger partial charge in [-0.3, -0.25) is 0 Å². The van der Waals surface area contributed by atoms with Gasteiger partial charge in [0.1, 0.15) is 0 Å². The van der Waals surface area contributed by atoms with Crippen LogP contribution in [-0.4, -0.2) is 0 Å². The number of fused-ring (bicyclic) bond motifs is 4. The van der Waals surface area contributed by atoms with E-state index in [1.165, 1.54) is 22.3 Å². The van der Waals surface area contributed by atoms with E-state index in [2.05, 4.69) is 66.8 Å². The normalized spacial score (nSPS) is 21.1. The third kappa shape index (κ3) is 1.29. The summed E-state index contributed by atoms with van der Waals surface area (Å²) in [4.78, 5) is 0. The maximum atomic E-state index is 9.40. The summed E-state index contributed by atoms with van der Waals surface area (Å²) in [5.41, 5.74) is 5.03. The van der Waals surface area contributed by atoms with Crippen LogP contribution in [-0.2, 0) is 5.41 Å². The van der Waals surface area contributed by atoms with Crippen LogP contribution in [0.3, 0.4) is 0 Å². The van der Waals surface area contributed by atoms with Crippen molar-refractivity contribution in [1.82, 2.24) is 0 Å². The summed E-state index contributed by atoms with van der Waals surface area (Å²) in [7, 11) is 0. The van der Waals surface area contributed by atoms with Crippen LogP contribution in [0.25, 0.3) is 12.2 Å². The number of hydrogen-bond donors (Lipinski definition) is 0. The first-order valence-electron chi connectivity index (χ1n) is 6.63. The molecule has 0 N–H and O–H groups in total. The van der Waals surface area contributed by atoms with Crippen molar-refractivity contribution in [3.63, 3.8) is 0 Å². The minimum atomic E-state index is -0.0779. The SMILES string of the molecule is N#CC1CC12c1ccccc1C=Cc1ccccc12. The van der Waals surface area contributed by atoms with E-state index in [4.69, 9.17) is 0 Å². The molecule has 0 heterocycles. The molecule has 2 aromatic rings. The summed E-state index contributed by atoms with van der Waals surface area (Å²) in [6, 6.07) is 19.4. The van der Waals surface area contributed by atoms with Gasteiger partial charge in [0.05, 0.1) is 12.0 Å². The molecule has 1 atom stereocenters. The predicted octanol–water partition coefficient (Wildman–Crippen LogP) is 4.00. The van der Waals surface area contributed by atoms with Crippen molar-refractivity contribution in [2.45, 2.75) is 11.8 Å². The Morgan fingerprint density at radius 3 is 1.89 bits per heavy atom. The van der Waals surface area contributed by atoms with Gasteiger partial charge in [-0.2, -0.15) is 5.26 Å². The first-order chi connectivity index (χ1) is 9.36. The Kier molecular flexibility index (Phi) is 2.00. The topological polar surface area (TPSA) is 23.8 Å². The second-order valence-corrected chi connectivity index (χ2v) is 5.36. The van der Waals surface area contributed by atoms with E-state index in [9.17, 15) is 5.26 Å². The molecule has 2 aromatic carbocycles. The van der Waals surface area contributed by atoms with Gasteiger partial charge >= 0.3 is 0 Å². The third-order valence-corrected chi connectivity index (χ3v) is 4.44. The van der Waals surface area contributed by atoms with E-state index in [1.807, 2.05) is 0 Å². The van der Waals surface area contributed by atoms with Crippen molar-refractivity contribution in [2.75, 3.05) is 0 Å². The molecule has 0 saturated heterocycles. The quantitative estimate of drug-likeness (QED) is 0.686. The van der Waals surface area contributed by atoms with E-state index in [0.29, 0.717) is 0 Å². The minimum absolute atomic E-state index is 0.0779. The van der Waals surface area contributed by atoms with Crippen molar-refractivity contribution < 1.29 is 0 Å². The highest BCUT2D eigenvalue weighted by Crippen LogP contribution is 2.61. The largest absolute Gasteiger partial charge is 0.198 e. The molecular formula is C18H13N.